The molecule has 0 aliphatic heterocycles. The van der Waals surface area contributed by atoms with Crippen LogP contribution in [0.1, 0.15) is 12.1 Å². The summed E-state index contributed by atoms with van der Waals surface area (Å²) in [5.41, 5.74) is 1.50. The molecule has 1 aromatic carbocycles. The summed E-state index contributed by atoms with van der Waals surface area (Å²) in [4.78, 5) is 0. The van der Waals surface area contributed by atoms with E-state index >= 15 is 0 Å². The van der Waals surface area contributed by atoms with Gasteiger partial charge in [0.05, 0.1) is 5.52 Å². The molecule has 1 aromatic heterocycles. The second-order valence-corrected chi connectivity index (χ2v) is 3.39. The number of nitrogens with zero attached hydrogens (tertiary/aromatic N) is 1. The summed E-state index contributed by atoms with van der Waals surface area (Å²) < 4.78 is 26.4. The van der Waals surface area contributed by atoms with Crippen LogP contribution in [-0.2, 0) is 6.54 Å². The molecular formula is C11H12F2N2. The van der Waals surface area contributed by atoms with Crippen LogP contribution < -0.4 is 5.32 Å². The van der Waals surface area contributed by atoms with Crippen LogP contribution in [0, 0.1) is 0 Å². The van der Waals surface area contributed by atoms with Gasteiger partial charge in [-0.05, 0) is 18.7 Å². The first-order chi connectivity index (χ1) is 7.24. The van der Waals surface area contributed by atoms with E-state index in [9.17, 15) is 8.78 Å². The molecule has 15 heavy (non-hydrogen) atoms. The lowest BCUT2D eigenvalue weighted by Gasteiger charge is -2.08. The number of halogens is 2. The van der Waals surface area contributed by atoms with Crippen LogP contribution in [0.3, 0.4) is 0 Å². The summed E-state index contributed by atoms with van der Waals surface area (Å²) in [6.45, 7) is -1.89. The zero-order valence-electron chi connectivity index (χ0n) is 8.37. The molecule has 4 heteroatoms. The normalized spacial score (nSPS) is 11.5. The number of nitrogens with one attached hydrogen (secondary N) is 1. The lowest BCUT2D eigenvalue weighted by atomic mass is 10.1. The molecule has 80 valence electrons. The Bertz CT molecular complexity index is 463. The maximum absolute atomic E-state index is 12.7. The maximum Gasteiger partial charge on any atom is 0.319 e. The molecule has 0 saturated carbocycles. The molecule has 0 amide bonds. The van der Waals surface area contributed by atoms with E-state index in [1.165, 1.54) is 6.20 Å². The average molecular weight is 210 g/mol. The molecule has 0 aliphatic rings. The van der Waals surface area contributed by atoms with Gasteiger partial charge < -0.3 is 5.32 Å². The number of aromatic nitrogens is 1. The smallest absolute Gasteiger partial charge is 0.316 e. The highest BCUT2D eigenvalue weighted by atomic mass is 19.3. The fourth-order valence-electron chi connectivity index (χ4n) is 1.79. The van der Waals surface area contributed by atoms with Crippen molar-refractivity contribution in [2.45, 2.75) is 13.1 Å². The third-order valence-electron chi connectivity index (χ3n) is 2.40. The Morgan fingerprint density at radius 3 is 2.80 bits per heavy atom. The number of rotatable bonds is 3. The number of alkyl halides is 2. The van der Waals surface area contributed by atoms with Gasteiger partial charge in [0.2, 0.25) is 0 Å². The third kappa shape index (κ3) is 1.72. The molecule has 1 heterocycles. The second kappa shape index (κ2) is 3.98. The van der Waals surface area contributed by atoms with Crippen molar-refractivity contribution >= 4 is 10.9 Å². The quantitative estimate of drug-likeness (QED) is 0.824. The van der Waals surface area contributed by atoms with Gasteiger partial charge in [0.25, 0.3) is 0 Å². The Labute approximate surface area is 86.5 Å². The number of fused-ring (bicyclic) bond motifs is 1. The van der Waals surface area contributed by atoms with Crippen LogP contribution in [0.25, 0.3) is 10.9 Å². The van der Waals surface area contributed by atoms with Gasteiger partial charge in [0, 0.05) is 18.1 Å². The summed E-state index contributed by atoms with van der Waals surface area (Å²) in [5, 5.41) is 3.82. The highest BCUT2D eigenvalue weighted by molar-refractivity contribution is 5.83. The van der Waals surface area contributed by atoms with Crippen molar-refractivity contribution in [2.24, 2.45) is 0 Å². The van der Waals surface area contributed by atoms with Crippen molar-refractivity contribution in [1.29, 1.82) is 0 Å². The van der Waals surface area contributed by atoms with Gasteiger partial charge in [-0.15, -0.1) is 0 Å². The molecule has 0 radical (unpaired) electrons. The largest absolute Gasteiger partial charge is 0.319 e. The first kappa shape index (κ1) is 10.1. The Balaban J connectivity index is 2.63. The molecule has 0 spiro atoms. The predicted octanol–water partition coefficient (Wildman–Crippen LogP) is 2.76. The summed E-state index contributed by atoms with van der Waals surface area (Å²) in [6, 6.07) is 7.29. The Kier molecular flexibility index (Phi) is 2.68. The third-order valence-corrected chi connectivity index (χ3v) is 2.40. The molecule has 0 saturated heterocycles. The molecule has 0 bridgehead atoms. The van der Waals surface area contributed by atoms with Crippen molar-refractivity contribution in [3.05, 3.63) is 36.0 Å². The Morgan fingerprint density at radius 1 is 1.33 bits per heavy atom. The Morgan fingerprint density at radius 2 is 2.13 bits per heavy atom. The number of hydrogen-bond donors (Lipinski definition) is 1. The van der Waals surface area contributed by atoms with Crippen LogP contribution in [0.5, 0.6) is 0 Å². The standard InChI is InChI=1S/C11H12F2N2/c1-14-7-9-4-2-3-8-5-6-15(10(8)9)11(12)13/h2-6,11,14H,7H2,1H3. The lowest BCUT2D eigenvalue weighted by molar-refractivity contribution is 0.0751. The zero-order chi connectivity index (χ0) is 10.8. The molecule has 2 rings (SSSR count). The van der Waals surface area contributed by atoms with E-state index in [2.05, 4.69) is 5.32 Å². The van der Waals surface area contributed by atoms with E-state index < -0.39 is 6.55 Å². The van der Waals surface area contributed by atoms with Crippen molar-refractivity contribution < 1.29 is 8.78 Å². The van der Waals surface area contributed by atoms with Crippen molar-refractivity contribution in [3.8, 4) is 0 Å². The number of hydrogen-bond acceptors (Lipinski definition) is 1. The van der Waals surface area contributed by atoms with Crippen LogP contribution in [0.2, 0.25) is 0 Å². The molecule has 0 aliphatic carbocycles. The highest BCUT2D eigenvalue weighted by Gasteiger charge is 2.11. The van der Waals surface area contributed by atoms with Gasteiger partial charge in [-0.1, -0.05) is 18.2 Å². The van der Waals surface area contributed by atoms with Crippen LogP contribution in [-0.4, -0.2) is 11.6 Å². The number of para-hydroxylation sites is 1. The SMILES string of the molecule is CNCc1cccc2ccn(C(F)F)c12. The van der Waals surface area contributed by atoms with E-state index in [0.29, 0.717) is 12.1 Å². The summed E-state index contributed by atoms with van der Waals surface area (Å²) in [7, 11) is 1.80. The van der Waals surface area contributed by atoms with Gasteiger partial charge in [0.15, 0.2) is 0 Å². The molecule has 0 unspecified atom stereocenters. The highest BCUT2D eigenvalue weighted by Crippen LogP contribution is 2.24. The zero-order valence-corrected chi connectivity index (χ0v) is 8.37. The minimum Gasteiger partial charge on any atom is -0.316 e. The first-order valence-electron chi connectivity index (χ1n) is 4.75. The van der Waals surface area contributed by atoms with Crippen LogP contribution in [0.15, 0.2) is 30.5 Å². The van der Waals surface area contributed by atoms with Gasteiger partial charge in [-0.25, -0.2) is 0 Å². The molecule has 0 atom stereocenters. The monoisotopic (exact) mass is 210 g/mol. The van der Waals surface area contributed by atoms with Gasteiger partial charge in [0.1, 0.15) is 0 Å². The molecular weight excluding hydrogens is 198 g/mol. The summed E-state index contributed by atoms with van der Waals surface area (Å²) in [6.07, 6.45) is 1.43. The second-order valence-electron chi connectivity index (χ2n) is 3.39. The molecule has 1 N–H and O–H groups in total. The molecule has 2 aromatic rings. The minimum absolute atomic E-state index is 0.591. The minimum atomic E-state index is -2.49. The van der Waals surface area contributed by atoms with Gasteiger partial charge in [-0.2, -0.15) is 8.78 Å². The van der Waals surface area contributed by atoms with Crippen LogP contribution in [0.4, 0.5) is 8.78 Å². The summed E-state index contributed by atoms with van der Waals surface area (Å²) >= 11 is 0. The fraction of sp³-hybridized carbons (Fsp3) is 0.273. The maximum atomic E-state index is 12.7. The molecule has 0 fully saturated rings. The lowest BCUT2D eigenvalue weighted by Crippen LogP contribution is -2.07. The van der Waals surface area contributed by atoms with E-state index in [1.54, 1.807) is 13.1 Å². The van der Waals surface area contributed by atoms with E-state index in [4.69, 9.17) is 0 Å². The topological polar surface area (TPSA) is 17.0 Å². The first-order valence-corrected chi connectivity index (χ1v) is 4.75. The van der Waals surface area contributed by atoms with Crippen molar-refractivity contribution in [3.63, 3.8) is 0 Å². The fourth-order valence-corrected chi connectivity index (χ4v) is 1.79. The average Bonchev–Trinajstić information content (AvgIpc) is 2.62. The predicted molar refractivity (Wildman–Crippen MR) is 56.0 cm³/mol. The van der Waals surface area contributed by atoms with Crippen molar-refractivity contribution in [2.75, 3.05) is 7.05 Å². The number of benzene rings is 1. The molecule has 2 nitrogen and oxygen atoms in total. The van der Waals surface area contributed by atoms with E-state index in [-0.39, 0.29) is 0 Å². The van der Waals surface area contributed by atoms with E-state index in [1.807, 2.05) is 18.2 Å². The summed E-state index contributed by atoms with van der Waals surface area (Å²) in [5.74, 6) is 0. The van der Waals surface area contributed by atoms with Gasteiger partial charge >= 0.3 is 6.55 Å². The van der Waals surface area contributed by atoms with Crippen LogP contribution >= 0.6 is 0 Å². The van der Waals surface area contributed by atoms with E-state index in [0.717, 1.165) is 15.5 Å². The Hall–Kier alpha value is -1.42. The van der Waals surface area contributed by atoms with Gasteiger partial charge in [-0.3, -0.25) is 4.57 Å². The van der Waals surface area contributed by atoms with Crippen molar-refractivity contribution in [1.82, 2.24) is 9.88 Å².